The van der Waals surface area contributed by atoms with Crippen molar-refractivity contribution in [1.82, 2.24) is 8.75 Å². The van der Waals surface area contributed by atoms with Crippen LogP contribution in [0.2, 0.25) is 0 Å². The van der Waals surface area contributed by atoms with E-state index in [2.05, 4.69) is 8.75 Å². The third kappa shape index (κ3) is 1.81. The highest BCUT2D eigenvalue weighted by atomic mass is 32.1. The van der Waals surface area contributed by atoms with Gasteiger partial charge in [0.05, 0.1) is 11.7 Å². The summed E-state index contributed by atoms with van der Waals surface area (Å²) >= 11 is 0.921. The van der Waals surface area contributed by atoms with E-state index in [-0.39, 0.29) is 5.69 Å². The zero-order valence-electron chi connectivity index (χ0n) is 8.89. The Hall–Kier alpha value is -1.75. The Kier molecular flexibility index (Phi) is 2.70. The monoisotopic (exact) mass is 234 g/mol. The maximum atomic E-state index is 10.9. The maximum absolute atomic E-state index is 10.9. The highest BCUT2D eigenvalue weighted by Crippen LogP contribution is 2.25. The molecule has 1 heterocycles. The van der Waals surface area contributed by atoms with Gasteiger partial charge in [-0.15, -0.1) is 0 Å². The summed E-state index contributed by atoms with van der Waals surface area (Å²) in [5.41, 5.74) is 3.46. The van der Waals surface area contributed by atoms with E-state index in [4.69, 9.17) is 5.11 Å². The Morgan fingerprint density at radius 3 is 2.69 bits per heavy atom. The molecule has 0 spiro atoms. The number of aromatic nitrogens is 2. The largest absolute Gasteiger partial charge is 0.476 e. The molecule has 2 aromatic rings. The van der Waals surface area contributed by atoms with Gasteiger partial charge < -0.3 is 5.11 Å². The minimum atomic E-state index is -1.04. The van der Waals surface area contributed by atoms with Crippen molar-refractivity contribution in [1.29, 1.82) is 0 Å². The second-order valence-electron chi connectivity index (χ2n) is 3.58. The van der Waals surface area contributed by atoms with Gasteiger partial charge in [0.15, 0.2) is 5.69 Å². The first-order valence-electron chi connectivity index (χ1n) is 4.73. The lowest BCUT2D eigenvalue weighted by Crippen LogP contribution is -1.99. The minimum Gasteiger partial charge on any atom is -0.476 e. The average Bonchev–Trinajstić information content (AvgIpc) is 2.66. The number of carboxylic acids is 1. The fourth-order valence-electron chi connectivity index (χ4n) is 1.58. The lowest BCUT2D eigenvalue weighted by Gasteiger charge is -2.04. The molecule has 0 radical (unpaired) electrons. The van der Waals surface area contributed by atoms with Crippen molar-refractivity contribution in [3.05, 3.63) is 35.0 Å². The molecule has 0 amide bonds. The summed E-state index contributed by atoms with van der Waals surface area (Å²) in [6.45, 7) is 3.93. The van der Waals surface area contributed by atoms with Crippen LogP contribution in [0.4, 0.5) is 0 Å². The number of aromatic carboxylic acids is 1. The smallest absolute Gasteiger partial charge is 0.357 e. The molecule has 1 aromatic carbocycles. The van der Waals surface area contributed by atoms with Crippen LogP contribution in [0.15, 0.2) is 18.2 Å². The molecule has 0 atom stereocenters. The quantitative estimate of drug-likeness (QED) is 0.867. The molecule has 0 bridgehead atoms. The van der Waals surface area contributed by atoms with Gasteiger partial charge in [-0.25, -0.2) is 4.79 Å². The van der Waals surface area contributed by atoms with Gasteiger partial charge in [-0.3, -0.25) is 0 Å². The zero-order chi connectivity index (χ0) is 11.7. The number of benzene rings is 1. The van der Waals surface area contributed by atoms with Crippen LogP contribution in [0.25, 0.3) is 11.3 Å². The third-order valence-corrected chi connectivity index (χ3v) is 2.86. The standard InChI is InChI=1S/C11H10N2O2S/c1-6-3-4-8(7(2)5-6)9-10(11(14)15)13-16-12-9/h3-5H,1-2H3,(H,14,15). The van der Waals surface area contributed by atoms with Crippen LogP contribution in [0.5, 0.6) is 0 Å². The minimum absolute atomic E-state index is 0.0250. The van der Waals surface area contributed by atoms with Crippen molar-refractivity contribution >= 4 is 17.7 Å². The number of nitrogens with zero attached hydrogens (tertiary/aromatic N) is 2. The Morgan fingerprint density at radius 1 is 1.31 bits per heavy atom. The number of carbonyl (C=O) groups is 1. The van der Waals surface area contributed by atoms with Gasteiger partial charge in [-0.2, -0.15) is 8.75 Å². The third-order valence-electron chi connectivity index (χ3n) is 2.33. The fourth-order valence-corrected chi connectivity index (χ4v) is 2.14. The summed E-state index contributed by atoms with van der Waals surface area (Å²) in [5.74, 6) is -1.04. The molecule has 5 heteroatoms. The SMILES string of the molecule is Cc1ccc(-c2nsnc2C(=O)O)c(C)c1. The van der Waals surface area contributed by atoms with E-state index in [0.717, 1.165) is 28.4 Å². The number of rotatable bonds is 2. The van der Waals surface area contributed by atoms with E-state index in [9.17, 15) is 4.79 Å². The van der Waals surface area contributed by atoms with E-state index in [1.165, 1.54) is 0 Å². The van der Waals surface area contributed by atoms with E-state index in [0.29, 0.717) is 5.69 Å². The van der Waals surface area contributed by atoms with Crippen molar-refractivity contribution in [2.24, 2.45) is 0 Å². The summed E-state index contributed by atoms with van der Waals surface area (Å²) in [4.78, 5) is 10.9. The van der Waals surface area contributed by atoms with Gasteiger partial charge in [0, 0.05) is 5.56 Å². The molecule has 16 heavy (non-hydrogen) atoms. The van der Waals surface area contributed by atoms with Gasteiger partial charge in [-0.1, -0.05) is 23.8 Å². The number of aryl methyl sites for hydroxylation is 2. The first-order valence-corrected chi connectivity index (χ1v) is 5.46. The summed E-state index contributed by atoms with van der Waals surface area (Å²) in [6.07, 6.45) is 0. The van der Waals surface area contributed by atoms with Crippen molar-refractivity contribution in [2.45, 2.75) is 13.8 Å². The molecule has 0 fully saturated rings. The van der Waals surface area contributed by atoms with E-state index >= 15 is 0 Å². The summed E-state index contributed by atoms with van der Waals surface area (Å²) in [6, 6.07) is 5.82. The molecule has 2 rings (SSSR count). The van der Waals surface area contributed by atoms with Crippen molar-refractivity contribution in [3.8, 4) is 11.3 Å². The molecular formula is C11H10N2O2S. The van der Waals surface area contributed by atoms with Crippen LogP contribution in [0.3, 0.4) is 0 Å². The number of hydrogen-bond donors (Lipinski definition) is 1. The molecule has 0 unspecified atom stereocenters. The maximum Gasteiger partial charge on any atom is 0.357 e. The van der Waals surface area contributed by atoms with Gasteiger partial charge >= 0.3 is 5.97 Å². The second-order valence-corrected chi connectivity index (χ2v) is 4.11. The second kappa shape index (κ2) is 4.02. The Balaban J connectivity index is 2.59. The van der Waals surface area contributed by atoms with Gasteiger partial charge in [0.25, 0.3) is 0 Å². The Labute approximate surface area is 96.9 Å². The van der Waals surface area contributed by atoms with Crippen molar-refractivity contribution in [2.75, 3.05) is 0 Å². The molecule has 1 aromatic heterocycles. The topological polar surface area (TPSA) is 63.1 Å². The van der Waals surface area contributed by atoms with Gasteiger partial charge in [-0.05, 0) is 19.4 Å². The van der Waals surface area contributed by atoms with Crippen LogP contribution in [0.1, 0.15) is 21.6 Å². The fraction of sp³-hybridized carbons (Fsp3) is 0.182. The van der Waals surface area contributed by atoms with Crippen molar-refractivity contribution < 1.29 is 9.90 Å². The van der Waals surface area contributed by atoms with E-state index < -0.39 is 5.97 Å². The molecule has 0 saturated carbocycles. The average molecular weight is 234 g/mol. The normalized spacial score (nSPS) is 10.4. The molecule has 0 saturated heterocycles. The summed E-state index contributed by atoms with van der Waals surface area (Å²) < 4.78 is 7.83. The number of carboxylic acid groups (broad SMARTS) is 1. The zero-order valence-corrected chi connectivity index (χ0v) is 9.71. The van der Waals surface area contributed by atoms with Crippen LogP contribution >= 0.6 is 11.7 Å². The molecule has 82 valence electrons. The van der Waals surface area contributed by atoms with E-state index in [1.54, 1.807) is 0 Å². The van der Waals surface area contributed by atoms with Gasteiger partial charge in [0.2, 0.25) is 0 Å². The predicted octanol–water partition coefficient (Wildman–Crippen LogP) is 2.52. The first-order chi connectivity index (χ1) is 7.59. The Morgan fingerprint density at radius 2 is 2.06 bits per heavy atom. The lowest BCUT2D eigenvalue weighted by molar-refractivity contribution is 0.0692. The van der Waals surface area contributed by atoms with Crippen LogP contribution in [-0.4, -0.2) is 19.8 Å². The summed E-state index contributed by atoms with van der Waals surface area (Å²) in [5, 5.41) is 8.97. The molecule has 0 aliphatic heterocycles. The van der Waals surface area contributed by atoms with Crippen LogP contribution in [-0.2, 0) is 0 Å². The predicted molar refractivity (Wildman–Crippen MR) is 61.8 cm³/mol. The highest BCUT2D eigenvalue weighted by molar-refractivity contribution is 6.99. The highest BCUT2D eigenvalue weighted by Gasteiger charge is 2.17. The van der Waals surface area contributed by atoms with Crippen LogP contribution < -0.4 is 0 Å². The molecule has 4 nitrogen and oxygen atoms in total. The van der Waals surface area contributed by atoms with Crippen LogP contribution in [0, 0.1) is 13.8 Å². The molecule has 0 aliphatic carbocycles. The van der Waals surface area contributed by atoms with Gasteiger partial charge in [0.1, 0.15) is 5.69 Å². The number of hydrogen-bond acceptors (Lipinski definition) is 4. The molecule has 1 N–H and O–H groups in total. The van der Waals surface area contributed by atoms with E-state index in [1.807, 2.05) is 32.0 Å². The molecular weight excluding hydrogens is 224 g/mol. The summed E-state index contributed by atoms with van der Waals surface area (Å²) in [7, 11) is 0. The molecule has 0 aliphatic rings. The lowest BCUT2D eigenvalue weighted by atomic mass is 10.0. The first kappa shape index (κ1) is 10.8. The Bertz CT molecular complexity index is 549. The van der Waals surface area contributed by atoms with Crippen molar-refractivity contribution in [3.63, 3.8) is 0 Å².